The number of nitrogens with one attached hydrogen (secondary N) is 1. The number of aromatic nitrogens is 4. The van der Waals surface area contributed by atoms with Gasteiger partial charge < -0.3 is 9.55 Å². The van der Waals surface area contributed by atoms with Crippen LogP contribution in [0.4, 0.5) is 0 Å². The molecule has 1 N–H and O–H groups in total. The van der Waals surface area contributed by atoms with Crippen LogP contribution in [0, 0.1) is 11.3 Å². The van der Waals surface area contributed by atoms with Gasteiger partial charge in [0, 0.05) is 25.2 Å². The highest BCUT2D eigenvalue weighted by molar-refractivity contribution is 7.18. The molecule has 1 aliphatic carbocycles. The van der Waals surface area contributed by atoms with E-state index in [2.05, 4.69) is 9.97 Å². The van der Waals surface area contributed by atoms with Gasteiger partial charge in [0.1, 0.15) is 10.9 Å². The fraction of sp³-hybridized carbons (Fsp3) is 0.316. The molecule has 8 nitrogen and oxygen atoms in total. The van der Waals surface area contributed by atoms with Crippen molar-refractivity contribution in [1.82, 2.24) is 19.1 Å². The first-order valence-electron chi connectivity index (χ1n) is 8.84. The maximum atomic E-state index is 12.7. The number of aromatic amines is 1. The fourth-order valence-corrected chi connectivity index (χ4v) is 4.80. The second kappa shape index (κ2) is 6.73. The number of aryl methyl sites for hydroxylation is 3. The number of fused-ring (bicyclic) bond motifs is 3. The van der Waals surface area contributed by atoms with Crippen LogP contribution in [0.25, 0.3) is 21.9 Å². The van der Waals surface area contributed by atoms with Crippen LogP contribution in [0.5, 0.6) is 0 Å². The molecule has 1 aliphatic rings. The number of rotatable bonds is 2. The predicted molar refractivity (Wildman–Crippen MR) is 107 cm³/mol. The van der Waals surface area contributed by atoms with Gasteiger partial charge in [0.15, 0.2) is 5.82 Å². The Labute approximate surface area is 163 Å². The second-order valence-electron chi connectivity index (χ2n) is 6.82. The summed E-state index contributed by atoms with van der Waals surface area (Å²) in [7, 11) is 2.89. The summed E-state index contributed by atoms with van der Waals surface area (Å²) in [6.07, 6.45) is 6.68. The van der Waals surface area contributed by atoms with Crippen molar-refractivity contribution in [3.63, 3.8) is 0 Å². The van der Waals surface area contributed by atoms with Crippen LogP contribution in [0.15, 0.2) is 20.6 Å². The first kappa shape index (κ1) is 18.1. The van der Waals surface area contributed by atoms with Crippen molar-refractivity contribution < 1.29 is 0 Å². The summed E-state index contributed by atoms with van der Waals surface area (Å²) in [5, 5.41) is 10.2. The standard InChI is InChI=1S/C19H17N5O3S/c1-23-9-11(18(26)24(2)19(23)27)7-10(8-20)15-21-16(25)14-12-5-3-4-6-13(12)28-17(14)22-15/h7,9H,3-6H2,1-2H3,(H,21,22,25)/b10-7+. The highest BCUT2D eigenvalue weighted by Gasteiger charge is 2.20. The summed E-state index contributed by atoms with van der Waals surface area (Å²) in [4.78, 5) is 45.8. The Morgan fingerprint density at radius 2 is 2.04 bits per heavy atom. The molecule has 0 amide bonds. The molecule has 9 heteroatoms. The maximum absolute atomic E-state index is 12.7. The third-order valence-corrected chi connectivity index (χ3v) is 6.16. The molecular weight excluding hydrogens is 378 g/mol. The van der Waals surface area contributed by atoms with Gasteiger partial charge in [0.25, 0.3) is 11.1 Å². The molecule has 0 aliphatic heterocycles. The lowest BCUT2D eigenvalue weighted by atomic mass is 9.97. The van der Waals surface area contributed by atoms with Crippen molar-refractivity contribution in [3.05, 3.63) is 59.2 Å². The molecule has 0 aromatic carbocycles. The molecule has 0 unspecified atom stereocenters. The number of H-pyrrole nitrogens is 1. The van der Waals surface area contributed by atoms with Crippen molar-refractivity contribution in [2.24, 2.45) is 14.1 Å². The fourth-order valence-electron chi connectivity index (χ4n) is 3.54. The number of allylic oxidation sites excluding steroid dienone is 1. The van der Waals surface area contributed by atoms with Gasteiger partial charge in [-0.2, -0.15) is 5.26 Å². The molecule has 28 heavy (non-hydrogen) atoms. The molecule has 3 aromatic rings. The lowest BCUT2D eigenvalue weighted by Crippen LogP contribution is -2.37. The van der Waals surface area contributed by atoms with Crippen LogP contribution in [-0.4, -0.2) is 19.1 Å². The van der Waals surface area contributed by atoms with Crippen molar-refractivity contribution in [3.8, 4) is 6.07 Å². The molecule has 0 saturated heterocycles. The quantitative estimate of drug-likeness (QED) is 0.658. The van der Waals surface area contributed by atoms with Crippen molar-refractivity contribution in [2.75, 3.05) is 0 Å². The van der Waals surface area contributed by atoms with Gasteiger partial charge in [-0.05, 0) is 37.3 Å². The molecule has 0 spiro atoms. The van der Waals surface area contributed by atoms with E-state index in [1.807, 2.05) is 6.07 Å². The maximum Gasteiger partial charge on any atom is 0.330 e. The molecule has 0 fully saturated rings. The lowest BCUT2D eigenvalue weighted by molar-refractivity contribution is 0.683. The topological polar surface area (TPSA) is 114 Å². The Kier molecular flexibility index (Phi) is 4.35. The zero-order chi connectivity index (χ0) is 20.0. The molecule has 3 heterocycles. The van der Waals surface area contributed by atoms with E-state index in [4.69, 9.17) is 0 Å². The Hall–Kier alpha value is -3.25. The van der Waals surface area contributed by atoms with Gasteiger partial charge in [0.2, 0.25) is 0 Å². The predicted octanol–water partition coefficient (Wildman–Crippen LogP) is 1.32. The summed E-state index contributed by atoms with van der Waals surface area (Å²) >= 11 is 1.49. The third kappa shape index (κ3) is 2.82. The number of nitriles is 1. The van der Waals surface area contributed by atoms with Crippen LogP contribution >= 0.6 is 11.3 Å². The highest BCUT2D eigenvalue weighted by atomic mass is 32.1. The van der Waals surface area contributed by atoms with Gasteiger partial charge in [-0.1, -0.05) is 0 Å². The normalized spacial score (nSPS) is 14.1. The van der Waals surface area contributed by atoms with Gasteiger partial charge in [0.05, 0.1) is 16.5 Å². The molecule has 0 atom stereocenters. The third-order valence-electron chi connectivity index (χ3n) is 4.97. The average Bonchev–Trinajstić information content (AvgIpc) is 3.07. The zero-order valence-corrected chi connectivity index (χ0v) is 16.2. The number of thiophene rings is 1. The Bertz CT molecular complexity index is 1360. The highest BCUT2D eigenvalue weighted by Crippen LogP contribution is 2.33. The van der Waals surface area contributed by atoms with E-state index < -0.39 is 11.2 Å². The van der Waals surface area contributed by atoms with Crippen LogP contribution in [-0.2, 0) is 26.9 Å². The zero-order valence-electron chi connectivity index (χ0n) is 15.4. The van der Waals surface area contributed by atoms with E-state index in [0.29, 0.717) is 10.2 Å². The Morgan fingerprint density at radius 3 is 2.79 bits per heavy atom. The van der Waals surface area contributed by atoms with Crippen LogP contribution in [0.1, 0.15) is 34.7 Å². The molecular formula is C19H17N5O3S. The molecule has 142 valence electrons. The minimum absolute atomic E-state index is 0.0566. The van der Waals surface area contributed by atoms with Crippen LogP contribution in [0.3, 0.4) is 0 Å². The smallest absolute Gasteiger partial charge is 0.305 e. The monoisotopic (exact) mass is 395 g/mol. The van der Waals surface area contributed by atoms with Gasteiger partial charge in [-0.25, -0.2) is 9.78 Å². The Morgan fingerprint density at radius 1 is 1.29 bits per heavy atom. The van der Waals surface area contributed by atoms with E-state index in [-0.39, 0.29) is 22.5 Å². The first-order valence-corrected chi connectivity index (χ1v) is 9.65. The minimum Gasteiger partial charge on any atom is -0.305 e. The van der Waals surface area contributed by atoms with Crippen molar-refractivity contribution in [2.45, 2.75) is 25.7 Å². The first-order chi connectivity index (χ1) is 13.4. The SMILES string of the molecule is Cn1cc(/C=C(\C#N)c2nc3sc4c(c3c(=O)[nH]2)CCCC4)c(=O)n(C)c1=O. The van der Waals surface area contributed by atoms with Gasteiger partial charge >= 0.3 is 5.69 Å². The second-order valence-corrected chi connectivity index (χ2v) is 7.90. The summed E-state index contributed by atoms with van der Waals surface area (Å²) < 4.78 is 2.22. The van der Waals surface area contributed by atoms with E-state index in [1.54, 1.807) is 0 Å². The van der Waals surface area contributed by atoms with Crippen molar-refractivity contribution >= 4 is 33.2 Å². The molecule has 4 rings (SSSR count). The Balaban J connectivity index is 1.90. The summed E-state index contributed by atoms with van der Waals surface area (Å²) in [6, 6.07) is 2.00. The molecule has 0 bridgehead atoms. The van der Waals surface area contributed by atoms with E-state index in [1.165, 1.54) is 47.1 Å². The molecule has 0 radical (unpaired) electrons. The van der Waals surface area contributed by atoms with Crippen LogP contribution < -0.4 is 16.8 Å². The van der Waals surface area contributed by atoms with Gasteiger partial charge in [-0.3, -0.25) is 14.2 Å². The number of nitrogens with zero attached hydrogens (tertiary/aromatic N) is 4. The lowest BCUT2D eigenvalue weighted by Gasteiger charge is -2.09. The number of hydrogen-bond donors (Lipinski definition) is 1. The average molecular weight is 395 g/mol. The van der Waals surface area contributed by atoms with E-state index in [9.17, 15) is 19.6 Å². The molecule has 0 saturated carbocycles. The van der Waals surface area contributed by atoms with Crippen molar-refractivity contribution in [1.29, 1.82) is 5.26 Å². The molecule has 3 aromatic heterocycles. The largest absolute Gasteiger partial charge is 0.330 e. The summed E-state index contributed by atoms with van der Waals surface area (Å²) in [5.74, 6) is 0.120. The summed E-state index contributed by atoms with van der Waals surface area (Å²) in [6.45, 7) is 0. The van der Waals surface area contributed by atoms with Crippen LogP contribution in [0.2, 0.25) is 0 Å². The van der Waals surface area contributed by atoms with E-state index in [0.717, 1.165) is 35.8 Å². The minimum atomic E-state index is -0.522. The number of hydrogen-bond acceptors (Lipinski definition) is 6. The summed E-state index contributed by atoms with van der Waals surface area (Å²) in [5.41, 5.74) is 0.0361. The van der Waals surface area contributed by atoms with E-state index >= 15 is 0 Å². The van der Waals surface area contributed by atoms with Gasteiger partial charge in [-0.15, -0.1) is 11.3 Å².